The lowest BCUT2D eigenvalue weighted by Crippen LogP contribution is -2.31. The van der Waals surface area contributed by atoms with Crippen LogP contribution in [0, 0.1) is 0 Å². The van der Waals surface area contributed by atoms with Crippen LogP contribution in [0.2, 0.25) is 0 Å². The van der Waals surface area contributed by atoms with Crippen molar-refractivity contribution in [2.75, 3.05) is 20.1 Å². The number of hydrogen-bond donors (Lipinski definition) is 1. The van der Waals surface area contributed by atoms with E-state index in [-0.39, 0.29) is 0 Å². The smallest absolute Gasteiger partial charge is 0.183 e. The molecule has 1 unspecified atom stereocenters. The van der Waals surface area contributed by atoms with Crippen molar-refractivity contribution in [3.63, 3.8) is 0 Å². The summed E-state index contributed by atoms with van der Waals surface area (Å²) >= 11 is 6.82. The van der Waals surface area contributed by atoms with Gasteiger partial charge in [0, 0.05) is 6.04 Å². The highest BCUT2D eigenvalue weighted by Crippen LogP contribution is 2.28. The average molecular weight is 366 g/mol. The van der Waals surface area contributed by atoms with E-state index < -0.39 is 0 Å². The van der Waals surface area contributed by atoms with Gasteiger partial charge in [-0.2, -0.15) is 0 Å². The van der Waals surface area contributed by atoms with Crippen molar-refractivity contribution in [1.82, 2.24) is 10.2 Å². The molecule has 1 aromatic heterocycles. The van der Waals surface area contributed by atoms with Crippen LogP contribution in [0.15, 0.2) is 19.6 Å². The highest BCUT2D eigenvalue weighted by atomic mass is 79.9. The molecule has 0 aliphatic carbocycles. The molecule has 1 aromatic rings. The topological polar surface area (TPSA) is 28.4 Å². The van der Waals surface area contributed by atoms with Gasteiger partial charge in [0.15, 0.2) is 4.67 Å². The summed E-state index contributed by atoms with van der Waals surface area (Å²) < 4.78 is 7.39. The second-order valence-corrected chi connectivity index (χ2v) is 6.16. The molecule has 0 amide bonds. The Balaban J connectivity index is 1.93. The van der Waals surface area contributed by atoms with Gasteiger partial charge in [-0.25, -0.2) is 0 Å². The van der Waals surface area contributed by atoms with Gasteiger partial charge in [0.1, 0.15) is 5.76 Å². The second kappa shape index (κ2) is 6.36. The van der Waals surface area contributed by atoms with E-state index in [1.54, 1.807) is 0 Å². The van der Waals surface area contributed by atoms with Crippen molar-refractivity contribution in [2.45, 2.75) is 31.8 Å². The summed E-state index contributed by atoms with van der Waals surface area (Å²) in [6.45, 7) is 3.15. The molecule has 2 heterocycles. The third-order valence-electron chi connectivity index (χ3n) is 3.27. The second-order valence-electron chi connectivity index (χ2n) is 4.58. The molecule has 1 atom stereocenters. The molecule has 96 valence electrons. The Morgan fingerprint density at radius 1 is 1.41 bits per heavy atom. The maximum atomic E-state index is 5.62. The van der Waals surface area contributed by atoms with Gasteiger partial charge < -0.3 is 9.73 Å². The number of nitrogens with one attached hydrogen (secondary N) is 1. The van der Waals surface area contributed by atoms with E-state index in [4.69, 9.17) is 4.42 Å². The molecule has 0 aromatic carbocycles. The fourth-order valence-electron chi connectivity index (χ4n) is 2.29. The Hall–Kier alpha value is 0.160. The molecular formula is C12H18Br2N2O. The first-order valence-electron chi connectivity index (χ1n) is 6.01. The van der Waals surface area contributed by atoms with Crippen LogP contribution in [0.25, 0.3) is 0 Å². The quantitative estimate of drug-likeness (QED) is 0.889. The lowest BCUT2D eigenvalue weighted by Gasteiger charge is -2.25. The van der Waals surface area contributed by atoms with Gasteiger partial charge in [0.25, 0.3) is 0 Å². The predicted molar refractivity (Wildman–Crippen MR) is 76.1 cm³/mol. The molecule has 0 saturated carbocycles. The zero-order valence-corrected chi connectivity index (χ0v) is 13.2. The molecule has 5 heteroatoms. The highest BCUT2D eigenvalue weighted by molar-refractivity contribution is 9.13. The van der Waals surface area contributed by atoms with Gasteiger partial charge in [-0.1, -0.05) is 0 Å². The number of rotatable bonds is 3. The first-order chi connectivity index (χ1) is 8.16. The van der Waals surface area contributed by atoms with Crippen LogP contribution < -0.4 is 5.32 Å². The zero-order chi connectivity index (χ0) is 12.3. The molecule has 1 aliphatic heterocycles. The van der Waals surface area contributed by atoms with Gasteiger partial charge in [0.2, 0.25) is 0 Å². The summed E-state index contributed by atoms with van der Waals surface area (Å²) in [6.07, 6.45) is 3.76. The minimum atomic E-state index is 0.660. The van der Waals surface area contributed by atoms with Crippen LogP contribution in [0.3, 0.4) is 0 Å². The van der Waals surface area contributed by atoms with Crippen molar-refractivity contribution in [2.24, 2.45) is 0 Å². The van der Waals surface area contributed by atoms with Gasteiger partial charge in [-0.15, -0.1) is 0 Å². The normalized spacial score (nSPS) is 21.8. The maximum absolute atomic E-state index is 5.62. The molecule has 1 saturated heterocycles. The van der Waals surface area contributed by atoms with E-state index >= 15 is 0 Å². The van der Waals surface area contributed by atoms with Crippen LogP contribution in [0.5, 0.6) is 0 Å². The molecule has 1 aliphatic rings. The SMILES string of the molecule is CN(Cc1cc(Br)c(Br)o1)C1CCCNCC1. The minimum Gasteiger partial charge on any atom is -0.452 e. The van der Waals surface area contributed by atoms with Crippen LogP contribution in [0.4, 0.5) is 0 Å². The number of halogens is 2. The van der Waals surface area contributed by atoms with Crippen molar-refractivity contribution in [3.8, 4) is 0 Å². The maximum Gasteiger partial charge on any atom is 0.183 e. The monoisotopic (exact) mass is 364 g/mol. The fraction of sp³-hybridized carbons (Fsp3) is 0.667. The van der Waals surface area contributed by atoms with Crippen LogP contribution in [-0.4, -0.2) is 31.1 Å². The fourth-order valence-corrected chi connectivity index (χ4v) is 2.94. The Bertz CT molecular complexity index is 340. The third kappa shape index (κ3) is 3.81. The average Bonchev–Trinajstić information content (AvgIpc) is 2.54. The van der Waals surface area contributed by atoms with E-state index in [0.717, 1.165) is 34.5 Å². The molecule has 0 radical (unpaired) electrons. The lowest BCUT2D eigenvalue weighted by molar-refractivity contribution is 0.200. The van der Waals surface area contributed by atoms with Gasteiger partial charge in [-0.05, 0) is 77.3 Å². The summed E-state index contributed by atoms with van der Waals surface area (Å²) in [6, 6.07) is 2.70. The summed E-state index contributed by atoms with van der Waals surface area (Å²) in [4.78, 5) is 2.39. The first kappa shape index (κ1) is 13.6. The Morgan fingerprint density at radius 2 is 2.24 bits per heavy atom. The van der Waals surface area contributed by atoms with E-state index in [2.05, 4.69) is 49.1 Å². The van der Waals surface area contributed by atoms with Gasteiger partial charge in [-0.3, -0.25) is 4.90 Å². The van der Waals surface area contributed by atoms with E-state index in [0.29, 0.717) is 6.04 Å². The third-order valence-corrected chi connectivity index (χ3v) is 4.98. The number of nitrogens with zero attached hydrogens (tertiary/aromatic N) is 1. The zero-order valence-electron chi connectivity index (χ0n) is 10.0. The van der Waals surface area contributed by atoms with E-state index in [1.165, 1.54) is 19.3 Å². The molecule has 0 spiro atoms. The molecule has 17 heavy (non-hydrogen) atoms. The summed E-state index contributed by atoms with van der Waals surface area (Å²) in [5.41, 5.74) is 0. The number of furan rings is 1. The minimum absolute atomic E-state index is 0.660. The van der Waals surface area contributed by atoms with Crippen molar-refractivity contribution >= 4 is 31.9 Å². The standard InChI is InChI=1S/C12H18Br2N2O/c1-16(9-3-2-5-15-6-4-9)8-10-7-11(13)12(14)17-10/h7,9,15H,2-6,8H2,1H3. The van der Waals surface area contributed by atoms with E-state index in [1.807, 2.05) is 6.07 Å². The molecule has 0 bridgehead atoms. The van der Waals surface area contributed by atoms with Crippen LogP contribution in [-0.2, 0) is 6.54 Å². The summed E-state index contributed by atoms with van der Waals surface area (Å²) in [7, 11) is 2.18. The van der Waals surface area contributed by atoms with Crippen molar-refractivity contribution in [1.29, 1.82) is 0 Å². The molecular weight excluding hydrogens is 348 g/mol. The molecule has 3 nitrogen and oxygen atoms in total. The summed E-state index contributed by atoms with van der Waals surface area (Å²) in [5.74, 6) is 1.00. The Labute approximate surface area is 119 Å². The highest BCUT2D eigenvalue weighted by Gasteiger charge is 2.18. The molecule has 1 N–H and O–H groups in total. The van der Waals surface area contributed by atoms with E-state index in [9.17, 15) is 0 Å². The Morgan fingerprint density at radius 3 is 2.94 bits per heavy atom. The van der Waals surface area contributed by atoms with Crippen LogP contribution in [0.1, 0.15) is 25.0 Å². The summed E-state index contributed by atoms with van der Waals surface area (Å²) in [5, 5.41) is 3.44. The first-order valence-corrected chi connectivity index (χ1v) is 7.60. The molecule has 1 fully saturated rings. The largest absolute Gasteiger partial charge is 0.452 e. The van der Waals surface area contributed by atoms with Gasteiger partial charge in [0.05, 0.1) is 11.0 Å². The van der Waals surface area contributed by atoms with Gasteiger partial charge >= 0.3 is 0 Å². The van der Waals surface area contributed by atoms with Crippen molar-refractivity contribution in [3.05, 3.63) is 21.0 Å². The number of hydrogen-bond acceptors (Lipinski definition) is 3. The predicted octanol–water partition coefficient (Wildman–Crippen LogP) is 3.38. The molecule has 2 rings (SSSR count). The van der Waals surface area contributed by atoms with Crippen molar-refractivity contribution < 1.29 is 4.42 Å². The van der Waals surface area contributed by atoms with Crippen LogP contribution >= 0.6 is 31.9 Å². The Kier molecular flexibility index (Phi) is 5.09. The lowest BCUT2D eigenvalue weighted by atomic mass is 10.1.